The van der Waals surface area contributed by atoms with Crippen molar-refractivity contribution in [3.8, 4) is 0 Å². The number of nitro benzene ring substituents is 1. The van der Waals surface area contributed by atoms with Crippen LogP contribution in [-0.4, -0.2) is 24.8 Å². The molecule has 2 rings (SSSR count). The Morgan fingerprint density at radius 1 is 1.09 bits per heavy atom. The first-order valence-corrected chi connectivity index (χ1v) is 6.72. The van der Waals surface area contributed by atoms with Gasteiger partial charge in [-0.3, -0.25) is 14.9 Å². The van der Waals surface area contributed by atoms with E-state index in [2.05, 4.69) is 0 Å². The van der Waals surface area contributed by atoms with Gasteiger partial charge in [-0.15, -0.1) is 0 Å². The second-order valence-corrected chi connectivity index (χ2v) is 4.96. The number of hydrogen-bond acceptors (Lipinski definition) is 4. The summed E-state index contributed by atoms with van der Waals surface area (Å²) in [6, 6.07) is 13.6. The van der Waals surface area contributed by atoms with Crippen LogP contribution in [0.25, 0.3) is 6.08 Å². The molecule has 2 aromatic carbocycles. The third-order valence-corrected chi connectivity index (χ3v) is 3.20. The minimum Gasteiger partial charge on any atom is -0.378 e. The number of benzene rings is 2. The molecule has 0 saturated heterocycles. The molecule has 0 atom stereocenters. The van der Waals surface area contributed by atoms with Gasteiger partial charge >= 0.3 is 0 Å². The monoisotopic (exact) mass is 296 g/mol. The Hall–Kier alpha value is -2.95. The number of carbonyl (C=O) groups excluding carboxylic acids is 1. The van der Waals surface area contributed by atoms with Crippen LogP contribution < -0.4 is 4.90 Å². The summed E-state index contributed by atoms with van der Waals surface area (Å²) in [6.07, 6.45) is 3.01. The van der Waals surface area contributed by atoms with Crippen molar-refractivity contribution >= 4 is 23.2 Å². The van der Waals surface area contributed by atoms with Gasteiger partial charge in [-0.2, -0.15) is 0 Å². The van der Waals surface area contributed by atoms with Gasteiger partial charge < -0.3 is 4.90 Å². The third kappa shape index (κ3) is 3.58. The van der Waals surface area contributed by atoms with Crippen molar-refractivity contribution in [3.05, 3.63) is 75.8 Å². The van der Waals surface area contributed by atoms with E-state index in [-0.39, 0.29) is 17.0 Å². The molecule has 0 unspecified atom stereocenters. The van der Waals surface area contributed by atoms with E-state index in [1.807, 2.05) is 43.3 Å². The maximum atomic E-state index is 12.1. The molecule has 0 aliphatic rings. The summed E-state index contributed by atoms with van der Waals surface area (Å²) in [5.41, 5.74) is 1.83. The van der Waals surface area contributed by atoms with E-state index < -0.39 is 4.92 Å². The lowest BCUT2D eigenvalue weighted by molar-refractivity contribution is -0.385. The van der Waals surface area contributed by atoms with Crippen molar-refractivity contribution < 1.29 is 9.72 Å². The van der Waals surface area contributed by atoms with Crippen molar-refractivity contribution in [2.24, 2.45) is 0 Å². The van der Waals surface area contributed by atoms with Gasteiger partial charge in [-0.25, -0.2) is 0 Å². The minimum atomic E-state index is -0.549. The number of allylic oxidation sites excluding steroid dienone is 1. The van der Waals surface area contributed by atoms with Gasteiger partial charge in [0, 0.05) is 25.8 Å². The topological polar surface area (TPSA) is 63.5 Å². The van der Waals surface area contributed by atoms with Crippen LogP contribution in [0.15, 0.2) is 54.6 Å². The number of nitro groups is 1. The molecule has 0 amide bonds. The molecule has 2 aromatic rings. The molecule has 0 saturated carbocycles. The van der Waals surface area contributed by atoms with Crippen LogP contribution in [0.1, 0.15) is 15.9 Å². The largest absolute Gasteiger partial charge is 0.378 e. The SMILES string of the molecule is CN(C)c1ccc(/C=C/C(=O)c2ccccc2[N+](=O)[O-])cc1. The molecule has 0 N–H and O–H groups in total. The van der Waals surface area contributed by atoms with Gasteiger partial charge in [0.2, 0.25) is 0 Å². The lowest BCUT2D eigenvalue weighted by Gasteiger charge is -2.11. The molecule has 0 aromatic heterocycles. The normalized spacial score (nSPS) is 10.6. The Morgan fingerprint density at radius 2 is 1.73 bits per heavy atom. The molecular formula is C17H16N2O3. The number of ketones is 1. The van der Waals surface area contributed by atoms with Gasteiger partial charge in [-0.1, -0.05) is 30.3 Å². The highest BCUT2D eigenvalue weighted by Gasteiger charge is 2.16. The van der Waals surface area contributed by atoms with E-state index in [0.717, 1.165) is 11.3 Å². The average Bonchev–Trinajstić information content (AvgIpc) is 2.53. The van der Waals surface area contributed by atoms with Gasteiger partial charge in [0.15, 0.2) is 5.78 Å². The minimum absolute atomic E-state index is 0.0914. The van der Waals surface area contributed by atoms with E-state index >= 15 is 0 Å². The van der Waals surface area contributed by atoms with Crippen LogP contribution in [0.5, 0.6) is 0 Å². The number of para-hydroxylation sites is 1. The van der Waals surface area contributed by atoms with Crippen LogP contribution >= 0.6 is 0 Å². The van der Waals surface area contributed by atoms with Crippen LogP contribution in [-0.2, 0) is 0 Å². The van der Waals surface area contributed by atoms with Crippen molar-refractivity contribution in [1.82, 2.24) is 0 Å². The number of hydrogen-bond donors (Lipinski definition) is 0. The number of anilines is 1. The molecule has 0 spiro atoms. The van der Waals surface area contributed by atoms with Crippen LogP contribution in [0.2, 0.25) is 0 Å². The quantitative estimate of drug-likeness (QED) is 0.366. The average molecular weight is 296 g/mol. The molecule has 0 bridgehead atoms. The zero-order chi connectivity index (χ0) is 16.1. The highest BCUT2D eigenvalue weighted by atomic mass is 16.6. The summed E-state index contributed by atoms with van der Waals surface area (Å²) in [7, 11) is 3.89. The zero-order valence-corrected chi connectivity index (χ0v) is 12.4. The molecule has 22 heavy (non-hydrogen) atoms. The first-order valence-electron chi connectivity index (χ1n) is 6.72. The van der Waals surface area contributed by atoms with Crippen LogP contribution in [0, 0.1) is 10.1 Å². The second-order valence-electron chi connectivity index (χ2n) is 4.96. The Bertz CT molecular complexity index is 719. The smallest absolute Gasteiger partial charge is 0.280 e. The molecule has 0 aliphatic carbocycles. The standard InChI is InChI=1S/C17H16N2O3/c1-18(2)14-10-7-13(8-11-14)9-12-17(20)15-5-3-4-6-16(15)19(21)22/h3-12H,1-2H3/b12-9+. The summed E-state index contributed by atoms with van der Waals surface area (Å²) in [6.45, 7) is 0. The molecule has 0 heterocycles. The van der Waals surface area contributed by atoms with Crippen molar-refractivity contribution in [2.75, 3.05) is 19.0 Å². The third-order valence-electron chi connectivity index (χ3n) is 3.20. The van der Waals surface area contributed by atoms with E-state index in [1.54, 1.807) is 18.2 Å². The first kappa shape index (κ1) is 15.4. The van der Waals surface area contributed by atoms with Crippen molar-refractivity contribution in [2.45, 2.75) is 0 Å². The van der Waals surface area contributed by atoms with Gasteiger partial charge in [-0.05, 0) is 29.8 Å². The highest BCUT2D eigenvalue weighted by molar-refractivity contribution is 6.09. The van der Waals surface area contributed by atoms with Crippen LogP contribution in [0.3, 0.4) is 0 Å². The molecular weight excluding hydrogens is 280 g/mol. The Labute approximate surface area is 128 Å². The highest BCUT2D eigenvalue weighted by Crippen LogP contribution is 2.19. The fourth-order valence-electron chi connectivity index (χ4n) is 1.99. The number of nitrogens with zero attached hydrogens (tertiary/aromatic N) is 2. The maximum Gasteiger partial charge on any atom is 0.280 e. The second kappa shape index (κ2) is 6.67. The van der Waals surface area contributed by atoms with Gasteiger partial charge in [0.25, 0.3) is 5.69 Å². The molecule has 0 fully saturated rings. The Kier molecular flexibility index (Phi) is 4.68. The van der Waals surface area contributed by atoms with Crippen molar-refractivity contribution in [3.63, 3.8) is 0 Å². The Morgan fingerprint density at radius 3 is 2.32 bits per heavy atom. The van der Waals surface area contributed by atoms with Crippen molar-refractivity contribution in [1.29, 1.82) is 0 Å². The van der Waals surface area contributed by atoms with E-state index in [4.69, 9.17) is 0 Å². The van der Waals surface area contributed by atoms with E-state index in [9.17, 15) is 14.9 Å². The molecule has 0 radical (unpaired) electrons. The number of carbonyl (C=O) groups is 1. The lowest BCUT2D eigenvalue weighted by atomic mass is 10.1. The summed E-state index contributed by atoms with van der Waals surface area (Å²) in [4.78, 5) is 24.5. The maximum absolute atomic E-state index is 12.1. The first-order chi connectivity index (χ1) is 10.5. The van der Waals surface area contributed by atoms with Crippen LogP contribution in [0.4, 0.5) is 11.4 Å². The number of rotatable bonds is 5. The molecule has 0 aliphatic heterocycles. The molecule has 5 heteroatoms. The molecule has 112 valence electrons. The van der Waals surface area contributed by atoms with Gasteiger partial charge in [0.1, 0.15) is 0 Å². The summed E-state index contributed by atoms with van der Waals surface area (Å²) < 4.78 is 0. The lowest BCUT2D eigenvalue weighted by Crippen LogP contribution is -2.07. The fraction of sp³-hybridized carbons (Fsp3) is 0.118. The van der Waals surface area contributed by atoms with E-state index in [0.29, 0.717) is 0 Å². The van der Waals surface area contributed by atoms with E-state index in [1.165, 1.54) is 18.2 Å². The van der Waals surface area contributed by atoms with Gasteiger partial charge in [0.05, 0.1) is 10.5 Å². The molecule has 5 nitrogen and oxygen atoms in total. The Balaban J connectivity index is 2.20. The zero-order valence-electron chi connectivity index (χ0n) is 12.4. The predicted octanol–water partition coefficient (Wildman–Crippen LogP) is 3.56. The summed E-state index contributed by atoms with van der Waals surface area (Å²) in [5.74, 6) is -0.385. The summed E-state index contributed by atoms with van der Waals surface area (Å²) >= 11 is 0. The summed E-state index contributed by atoms with van der Waals surface area (Å²) in [5, 5.41) is 10.9. The fourth-order valence-corrected chi connectivity index (χ4v) is 1.99. The predicted molar refractivity (Wildman–Crippen MR) is 87.2 cm³/mol.